The van der Waals surface area contributed by atoms with Gasteiger partial charge in [0.15, 0.2) is 0 Å². The van der Waals surface area contributed by atoms with Gasteiger partial charge in [-0.3, -0.25) is 10.1 Å². The summed E-state index contributed by atoms with van der Waals surface area (Å²) in [6.07, 6.45) is 0.686. The van der Waals surface area contributed by atoms with Gasteiger partial charge in [-0.05, 0) is 6.07 Å². The van der Waals surface area contributed by atoms with Gasteiger partial charge < -0.3 is 9.47 Å². The first-order valence-electron chi connectivity index (χ1n) is 5.13. The lowest BCUT2D eigenvalue weighted by molar-refractivity contribution is -0.384. The number of ether oxygens (including phenoxy) is 2. The van der Waals surface area contributed by atoms with E-state index in [1.54, 1.807) is 0 Å². The molecule has 2 rings (SSSR count). The lowest BCUT2D eigenvalue weighted by Crippen LogP contribution is -2.16. The third kappa shape index (κ3) is 2.52. The Kier molecular flexibility index (Phi) is 3.21. The van der Waals surface area contributed by atoms with E-state index in [0.717, 1.165) is 6.42 Å². The monoisotopic (exact) mass is 234 g/mol. The zero-order valence-electron chi connectivity index (χ0n) is 8.96. The van der Waals surface area contributed by atoms with Crippen molar-refractivity contribution in [2.45, 2.75) is 12.5 Å². The Morgan fingerprint density at radius 1 is 1.59 bits per heavy atom. The molecule has 1 aliphatic heterocycles. The van der Waals surface area contributed by atoms with Crippen LogP contribution in [0.2, 0.25) is 0 Å². The standard InChI is InChI=1S/C11H10N2O4/c12-6-8-5-9(13(14)15)1-2-11(8)17-10-3-4-16-7-10/h1-2,5,10H,3-4,7H2. The van der Waals surface area contributed by atoms with Crippen molar-refractivity contribution >= 4 is 5.69 Å². The van der Waals surface area contributed by atoms with Gasteiger partial charge in [0.25, 0.3) is 5.69 Å². The molecule has 1 saturated heterocycles. The van der Waals surface area contributed by atoms with Crippen molar-refractivity contribution in [3.05, 3.63) is 33.9 Å². The summed E-state index contributed by atoms with van der Waals surface area (Å²) < 4.78 is 10.7. The molecule has 0 radical (unpaired) electrons. The second-order valence-corrected chi connectivity index (χ2v) is 3.65. The van der Waals surface area contributed by atoms with Crippen LogP contribution in [0.25, 0.3) is 0 Å². The summed E-state index contributed by atoms with van der Waals surface area (Å²) in [7, 11) is 0. The molecule has 0 aliphatic carbocycles. The predicted octanol–water partition coefficient (Wildman–Crippen LogP) is 1.63. The van der Waals surface area contributed by atoms with Gasteiger partial charge in [0.05, 0.1) is 18.1 Å². The molecule has 0 amide bonds. The molecule has 1 unspecified atom stereocenters. The van der Waals surface area contributed by atoms with Crippen molar-refractivity contribution in [1.29, 1.82) is 5.26 Å². The number of nitrogens with zero attached hydrogens (tertiary/aromatic N) is 2. The highest BCUT2D eigenvalue weighted by Crippen LogP contribution is 2.25. The van der Waals surface area contributed by atoms with Crippen LogP contribution in [-0.4, -0.2) is 24.2 Å². The third-order valence-electron chi connectivity index (χ3n) is 2.48. The second kappa shape index (κ2) is 4.80. The fraction of sp³-hybridized carbons (Fsp3) is 0.364. The Labute approximate surface area is 97.5 Å². The smallest absolute Gasteiger partial charge is 0.271 e. The minimum atomic E-state index is -0.538. The topological polar surface area (TPSA) is 85.4 Å². The van der Waals surface area contributed by atoms with E-state index in [1.165, 1.54) is 18.2 Å². The molecule has 0 N–H and O–H groups in total. The van der Waals surface area contributed by atoms with Crippen LogP contribution in [0, 0.1) is 21.4 Å². The fourth-order valence-corrected chi connectivity index (χ4v) is 1.61. The summed E-state index contributed by atoms with van der Waals surface area (Å²) in [5.74, 6) is 0.369. The molecule has 1 atom stereocenters. The van der Waals surface area contributed by atoms with Gasteiger partial charge in [0, 0.05) is 18.6 Å². The Balaban J connectivity index is 2.22. The van der Waals surface area contributed by atoms with Crippen LogP contribution >= 0.6 is 0 Å². The normalized spacial score (nSPS) is 18.6. The van der Waals surface area contributed by atoms with E-state index in [-0.39, 0.29) is 17.4 Å². The molecule has 1 heterocycles. The van der Waals surface area contributed by atoms with Crippen LogP contribution in [0.1, 0.15) is 12.0 Å². The van der Waals surface area contributed by atoms with Gasteiger partial charge in [-0.2, -0.15) is 5.26 Å². The summed E-state index contributed by atoms with van der Waals surface area (Å²) in [6, 6.07) is 5.89. The predicted molar refractivity (Wildman–Crippen MR) is 57.7 cm³/mol. The van der Waals surface area contributed by atoms with E-state index < -0.39 is 4.92 Å². The first-order chi connectivity index (χ1) is 8.20. The summed E-state index contributed by atoms with van der Waals surface area (Å²) in [6.45, 7) is 1.13. The number of benzene rings is 1. The Morgan fingerprint density at radius 3 is 3.00 bits per heavy atom. The van der Waals surface area contributed by atoms with Crippen molar-refractivity contribution in [3.63, 3.8) is 0 Å². The van der Waals surface area contributed by atoms with Gasteiger partial charge in [-0.25, -0.2) is 0 Å². The van der Waals surface area contributed by atoms with Gasteiger partial charge >= 0.3 is 0 Å². The molecule has 0 spiro atoms. The largest absolute Gasteiger partial charge is 0.487 e. The van der Waals surface area contributed by atoms with Crippen LogP contribution < -0.4 is 4.74 Å². The number of hydrogen-bond acceptors (Lipinski definition) is 5. The molecule has 0 aromatic heterocycles. The molecule has 0 bridgehead atoms. The maximum absolute atomic E-state index is 10.6. The lowest BCUT2D eigenvalue weighted by Gasteiger charge is -2.12. The van der Waals surface area contributed by atoms with Crippen molar-refractivity contribution in [2.75, 3.05) is 13.2 Å². The van der Waals surface area contributed by atoms with Crippen molar-refractivity contribution < 1.29 is 14.4 Å². The summed E-state index contributed by atoms with van der Waals surface area (Å²) in [4.78, 5) is 10.0. The third-order valence-corrected chi connectivity index (χ3v) is 2.48. The maximum Gasteiger partial charge on any atom is 0.271 e. The molecular formula is C11H10N2O4. The second-order valence-electron chi connectivity index (χ2n) is 3.65. The fourth-order valence-electron chi connectivity index (χ4n) is 1.61. The average molecular weight is 234 g/mol. The summed E-state index contributed by atoms with van der Waals surface area (Å²) in [5, 5.41) is 19.5. The first kappa shape index (κ1) is 11.4. The van der Waals surface area contributed by atoms with Crippen LogP contribution in [0.5, 0.6) is 5.75 Å². The van der Waals surface area contributed by atoms with Crippen molar-refractivity contribution in [1.82, 2.24) is 0 Å². The van der Waals surface area contributed by atoms with Crippen LogP contribution in [0.15, 0.2) is 18.2 Å². The van der Waals surface area contributed by atoms with E-state index in [0.29, 0.717) is 19.0 Å². The van der Waals surface area contributed by atoms with Gasteiger partial charge in [-0.1, -0.05) is 0 Å². The number of nitriles is 1. The molecular weight excluding hydrogens is 224 g/mol. The van der Waals surface area contributed by atoms with E-state index >= 15 is 0 Å². The van der Waals surface area contributed by atoms with Crippen molar-refractivity contribution in [2.24, 2.45) is 0 Å². The van der Waals surface area contributed by atoms with Crippen LogP contribution in [-0.2, 0) is 4.74 Å². The zero-order chi connectivity index (χ0) is 12.3. The molecule has 1 fully saturated rings. The molecule has 0 saturated carbocycles. The maximum atomic E-state index is 10.6. The summed E-state index contributed by atoms with van der Waals surface area (Å²) >= 11 is 0. The highest BCUT2D eigenvalue weighted by molar-refractivity contribution is 5.50. The quantitative estimate of drug-likeness (QED) is 0.586. The minimum absolute atomic E-state index is 0.0800. The van der Waals surface area contributed by atoms with E-state index in [4.69, 9.17) is 14.7 Å². The highest BCUT2D eigenvalue weighted by Gasteiger charge is 2.19. The molecule has 6 nitrogen and oxygen atoms in total. The molecule has 88 valence electrons. The van der Waals surface area contributed by atoms with Gasteiger partial charge in [0.1, 0.15) is 23.5 Å². The SMILES string of the molecule is N#Cc1cc([N+](=O)[O-])ccc1OC1CCOC1. The number of rotatable bonds is 3. The van der Waals surface area contributed by atoms with E-state index in [1.807, 2.05) is 6.07 Å². The molecule has 1 aromatic carbocycles. The van der Waals surface area contributed by atoms with Gasteiger partial charge in [0.2, 0.25) is 0 Å². The zero-order valence-corrected chi connectivity index (χ0v) is 8.96. The molecule has 6 heteroatoms. The average Bonchev–Trinajstić information content (AvgIpc) is 2.82. The van der Waals surface area contributed by atoms with E-state index in [2.05, 4.69) is 0 Å². The minimum Gasteiger partial charge on any atom is -0.487 e. The lowest BCUT2D eigenvalue weighted by atomic mass is 10.2. The van der Waals surface area contributed by atoms with Crippen molar-refractivity contribution in [3.8, 4) is 11.8 Å². The Morgan fingerprint density at radius 2 is 2.41 bits per heavy atom. The number of nitro groups is 1. The number of nitro benzene ring substituents is 1. The van der Waals surface area contributed by atoms with Crippen LogP contribution in [0.4, 0.5) is 5.69 Å². The Hall–Kier alpha value is -2.13. The van der Waals surface area contributed by atoms with Crippen LogP contribution in [0.3, 0.4) is 0 Å². The molecule has 1 aromatic rings. The molecule has 1 aliphatic rings. The summed E-state index contributed by atoms with van der Waals surface area (Å²) in [5.41, 5.74) is 0.0580. The Bertz CT molecular complexity index is 475. The van der Waals surface area contributed by atoms with Gasteiger partial charge in [-0.15, -0.1) is 0 Å². The molecule has 17 heavy (non-hydrogen) atoms. The number of hydrogen-bond donors (Lipinski definition) is 0. The first-order valence-corrected chi connectivity index (χ1v) is 5.13. The van der Waals surface area contributed by atoms with E-state index in [9.17, 15) is 10.1 Å². The number of non-ortho nitro benzene ring substituents is 1. The highest BCUT2D eigenvalue weighted by atomic mass is 16.6.